The molecule has 4 rings (SSSR count). The summed E-state index contributed by atoms with van der Waals surface area (Å²) in [4.78, 5) is 19.8. The van der Waals surface area contributed by atoms with Crippen LogP contribution in [0.25, 0.3) is 0 Å². The van der Waals surface area contributed by atoms with Gasteiger partial charge in [-0.25, -0.2) is 4.98 Å². The zero-order valence-corrected chi connectivity index (χ0v) is 14.9. The number of piperidine rings is 1. The minimum Gasteiger partial charge on any atom is -0.472 e. The number of carbonyl (C=O) groups excluding carboxylic acids is 1. The van der Waals surface area contributed by atoms with Crippen molar-refractivity contribution in [2.24, 2.45) is 0 Å². The van der Waals surface area contributed by atoms with Crippen molar-refractivity contribution < 1.29 is 14.3 Å². The normalized spacial score (nSPS) is 22.2. The molecular formula is C19H22N2O3S. The van der Waals surface area contributed by atoms with Crippen LogP contribution in [0, 0.1) is 0 Å². The van der Waals surface area contributed by atoms with E-state index in [0.29, 0.717) is 18.9 Å². The van der Waals surface area contributed by atoms with Crippen LogP contribution in [-0.4, -0.2) is 47.2 Å². The third-order valence-electron chi connectivity index (χ3n) is 5.03. The first-order chi connectivity index (χ1) is 12.2. The maximum atomic E-state index is 12.4. The average molecular weight is 358 g/mol. The molecule has 1 amide bonds. The number of nitrogens with zero attached hydrogens (tertiary/aromatic N) is 2. The van der Waals surface area contributed by atoms with Crippen LogP contribution in [0.3, 0.4) is 0 Å². The Labute approximate surface area is 151 Å². The lowest BCUT2D eigenvalue weighted by atomic mass is 9.88. The van der Waals surface area contributed by atoms with E-state index in [2.05, 4.69) is 4.98 Å². The molecule has 0 unspecified atom stereocenters. The van der Waals surface area contributed by atoms with Gasteiger partial charge in [0.25, 0.3) is 0 Å². The van der Waals surface area contributed by atoms with Crippen LogP contribution in [0.4, 0.5) is 0 Å². The highest BCUT2D eigenvalue weighted by atomic mass is 32.1. The Morgan fingerprint density at radius 2 is 2.20 bits per heavy atom. The van der Waals surface area contributed by atoms with Crippen molar-refractivity contribution in [1.82, 2.24) is 9.88 Å². The summed E-state index contributed by atoms with van der Waals surface area (Å²) in [5, 5.41) is 2.02. The molecule has 4 heterocycles. The molecule has 5 nitrogen and oxygen atoms in total. The zero-order valence-electron chi connectivity index (χ0n) is 14.1. The minimum absolute atomic E-state index is 0.0447. The van der Waals surface area contributed by atoms with Crippen molar-refractivity contribution in [2.45, 2.75) is 37.4 Å². The largest absolute Gasteiger partial charge is 0.472 e. The van der Waals surface area contributed by atoms with Gasteiger partial charge in [-0.15, -0.1) is 11.3 Å². The van der Waals surface area contributed by atoms with E-state index in [0.717, 1.165) is 37.2 Å². The van der Waals surface area contributed by atoms with Gasteiger partial charge in [0, 0.05) is 36.7 Å². The van der Waals surface area contributed by atoms with E-state index in [1.54, 1.807) is 17.5 Å². The molecule has 2 aromatic rings. The zero-order chi connectivity index (χ0) is 17.1. The number of aromatic nitrogens is 1. The molecule has 2 fully saturated rings. The van der Waals surface area contributed by atoms with Gasteiger partial charge in [-0.3, -0.25) is 4.79 Å². The second-order valence-electron chi connectivity index (χ2n) is 6.74. The smallest absolute Gasteiger partial charge is 0.227 e. The second-order valence-corrected chi connectivity index (χ2v) is 7.78. The molecule has 0 radical (unpaired) electrons. The third-order valence-corrected chi connectivity index (χ3v) is 5.91. The molecule has 2 aliphatic heterocycles. The number of rotatable bonds is 4. The fourth-order valence-electron chi connectivity index (χ4n) is 3.65. The summed E-state index contributed by atoms with van der Waals surface area (Å²) in [5.41, 5.74) is -0.140. The molecule has 1 atom stereocenters. The summed E-state index contributed by atoms with van der Waals surface area (Å²) in [7, 11) is 0. The first-order valence-corrected chi connectivity index (χ1v) is 9.62. The molecule has 2 aliphatic rings. The van der Waals surface area contributed by atoms with E-state index in [1.165, 1.54) is 0 Å². The lowest BCUT2D eigenvalue weighted by Gasteiger charge is -2.38. The second kappa shape index (κ2) is 7.14. The molecule has 0 aliphatic carbocycles. The standard InChI is InChI=1S/C19H22N2O3S/c22-18(12-16-4-3-11-25-16)21-9-6-19(7-10-21)13-15(14-23-19)24-17-5-1-2-8-20-17/h1-5,8,11,15H,6-7,9-10,12-14H2/t15-/m0/s1. The van der Waals surface area contributed by atoms with Crippen molar-refractivity contribution in [2.75, 3.05) is 19.7 Å². The maximum absolute atomic E-state index is 12.4. The number of carbonyl (C=O) groups is 1. The summed E-state index contributed by atoms with van der Waals surface area (Å²) < 4.78 is 12.0. The number of amides is 1. The van der Waals surface area contributed by atoms with E-state index >= 15 is 0 Å². The SMILES string of the molecule is O=C(Cc1cccs1)N1CCC2(CC1)C[C@H](Oc1ccccn1)CO2. The fraction of sp³-hybridized carbons (Fsp3) is 0.474. The van der Waals surface area contributed by atoms with Crippen molar-refractivity contribution >= 4 is 17.2 Å². The van der Waals surface area contributed by atoms with Crippen LogP contribution < -0.4 is 4.74 Å². The quantitative estimate of drug-likeness (QED) is 0.843. The van der Waals surface area contributed by atoms with Gasteiger partial charge in [0.2, 0.25) is 11.8 Å². The van der Waals surface area contributed by atoms with Gasteiger partial charge in [-0.1, -0.05) is 12.1 Å². The van der Waals surface area contributed by atoms with Gasteiger partial charge in [0.15, 0.2) is 0 Å². The molecule has 0 aromatic carbocycles. The van der Waals surface area contributed by atoms with Gasteiger partial charge in [0.05, 0.1) is 18.6 Å². The van der Waals surface area contributed by atoms with E-state index in [-0.39, 0.29) is 17.6 Å². The van der Waals surface area contributed by atoms with Crippen molar-refractivity contribution in [1.29, 1.82) is 0 Å². The number of pyridine rings is 1. The predicted octanol–water partition coefficient (Wildman–Crippen LogP) is 2.91. The minimum atomic E-state index is -0.140. The number of hydrogen-bond donors (Lipinski definition) is 0. The van der Waals surface area contributed by atoms with Crippen LogP contribution in [0.2, 0.25) is 0 Å². The van der Waals surface area contributed by atoms with E-state index in [1.807, 2.05) is 40.6 Å². The molecule has 0 bridgehead atoms. The Hall–Kier alpha value is -1.92. The Balaban J connectivity index is 1.29. The van der Waals surface area contributed by atoms with Crippen molar-refractivity contribution in [3.05, 3.63) is 46.8 Å². The maximum Gasteiger partial charge on any atom is 0.227 e. The van der Waals surface area contributed by atoms with Crippen molar-refractivity contribution in [3.8, 4) is 5.88 Å². The molecule has 25 heavy (non-hydrogen) atoms. The Morgan fingerprint density at radius 1 is 1.32 bits per heavy atom. The summed E-state index contributed by atoms with van der Waals surface area (Å²) in [5.74, 6) is 0.869. The average Bonchev–Trinajstić information content (AvgIpc) is 3.27. The highest BCUT2D eigenvalue weighted by Crippen LogP contribution is 2.37. The van der Waals surface area contributed by atoms with Gasteiger partial charge in [-0.2, -0.15) is 0 Å². The molecule has 0 N–H and O–H groups in total. The third kappa shape index (κ3) is 3.85. The van der Waals surface area contributed by atoms with E-state index in [4.69, 9.17) is 9.47 Å². The molecule has 132 valence electrons. The summed E-state index contributed by atoms with van der Waals surface area (Å²) in [6, 6.07) is 9.69. The van der Waals surface area contributed by atoms with Crippen LogP contribution in [0.15, 0.2) is 41.9 Å². The molecule has 2 aromatic heterocycles. The van der Waals surface area contributed by atoms with Gasteiger partial charge in [0.1, 0.15) is 6.10 Å². The van der Waals surface area contributed by atoms with Crippen LogP contribution >= 0.6 is 11.3 Å². The van der Waals surface area contributed by atoms with Crippen LogP contribution in [0.5, 0.6) is 5.88 Å². The topological polar surface area (TPSA) is 51.7 Å². The summed E-state index contributed by atoms with van der Waals surface area (Å²) in [6.07, 6.45) is 4.92. The summed E-state index contributed by atoms with van der Waals surface area (Å²) in [6.45, 7) is 2.13. The van der Waals surface area contributed by atoms with Gasteiger partial charge in [-0.05, 0) is 30.4 Å². The lowest BCUT2D eigenvalue weighted by Crippen LogP contribution is -2.47. The van der Waals surface area contributed by atoms with Crippen molar-refractivity contribution in [3.63, 3.8) is 0 Å². The monoisotopic (exact) mass is 358 g/mol. The van der Waals surface area contributed by atoms with Crippen LogP contribution in [0.1, 0.15) is 24.1 Å². The lowest BCUT2D eigenvalue weighted by molar-refractivity contribution is -0.135. The Morgan fingerprint density at radius 3 is 2.92 bits per heavy atom. The molecule has 0 saturated carbocycles. The Bertz CT molecular complexity index is 697. The number of ether oxygens (including phenoxy) is 2. The predicted molar refractivity (Wildman–Crippen MR) is 95.8 cm³/mol. The van der Waals surface area contributed by atoms with E-state index in [9.17, 15) is 4.79 Å². The first kappa shape index (κ1) is 16.5. The molecule has 2 saturated heterocycles. The molecule has 1 spiro atoms. The number of thiophene rings is 1. The number of hydrogen-bond acceptors (Lipinski definition) is 5. The van der Waals surface area contributed by atoms with E-state index < -0.39 is 0 Å². The van der Waals surface area contributed by atoms with Crippen LogP contribution in [-0.2, 0) is 16.0 Å². The Kier molecular flexibility index (Phi) is 4.72. The molecule has 6 heteroatoms. The highest BCUT2D eigenvalue weighted by molar-refractivity contribution is 7.10. The fourth-order valence-corrected chi connectivity index (χ4v) is 4.35. The highest BCUT2D eigenvalue weighted by Gasteiger charge is 2.44. The number of likely N-dealkylation sites (tertiary alicyclic amines) is 1. The summed E-state index contributed by atoms with van der Waals surface area (Å²) >= 11 is 1.64. The molecular weight excluding hydrogens is 336 g/mol. The van der Waals surface area contributed by atoms with Gasteiger partial charge < -0.3 is 14.4 Å². The first-order valence-electron chi connectivity index (χ1n) is 8.74. The van der Waals surface area contributed by atoms with Gasteiger partial charge >= 0.3 is 0 Å².